The van der Waals surface area contributed by atoms with Crippen molar-refractivity contribution in [2.24, 2.45) is 11.7 Å². The van der Waals surface area contributed by atoms with Crippen molar-refractivity contribution in [1.82, 2.24) is 5.32 Å². The average molecular weight is 258 g/mol. The Balaban J connectivity index is 2.27. The number of rotatable bonds is 6. The van der Waals surface area contributed by atoms with Crippen LogP contribution in [0.2, 0.25) is 0 Å². The zero-order valence-electron chi connectivity index (χ0n) is 11.4. The molecule has 0 bridgehead atoms. The minimum Gasteiger partial charge on any atom is -0.388 e. The lowest BCUT2D eigenvalue weighted by Gasteiger charge is -2.28. The molecule has 1 aliphatic carbocycles. The lowest BCUT2D eigenvalue weighted by Crippen LogP contribution is -2.44. The monoisotopic (exact) mass is 258 g/mol. The van der Waals surface area contributed by atoms with Crippen LogP contribution in [0.4, 0.5) is 0 Å². The van der Waals surface area contributed by atoms with E-state index in [1.165, 1.54) is 0 Å². The van der Waals surface area contributed by atoms with E-state index in [9.17, 15) is 9.90 Å². The van der Waals surface area contributed by atoms with E-state index in [1.54, 1.807) is 14.0 Å². The van der Waals surface area contributed by atoms with Crippen molar-refractivity contribution >= 4 is 5.91 Å². The van der Waals surface area contributed by atoms with Crippen LogP contribution in [0.3, 0.4) is 0 Å². The van der Waals surface area contributed by atoms with Gasteiger partial charge in [-0.2, -0.15) is 0 Å². The molecular formula is C13H26N2O3. The maximum Gasteiger partial charge on any atom is 0.223 e. The summed E-state index contributed by atoms with van der Waals surface area (Å²) in [5.74, 6) is 0.0996. The van der Waals surface area contributed by atoms with Crippen LogP contribution in [0.15, 0.2) is 0 Å². The predicted octanol–water partition coefficient (Wildman–Crippen LogP) is 0.408. The van der Waals surface area contributed by atoms with Crippen LogP contribution < -0.4 is 11.1 Å². The summed E-state index contributed by atoms with van der Waals surface area (Å²) in [7, 11) is 1.60. The lowest BCUT2D eigenvalue weighted by atomic mass is 9.86. The summed E-state index contributed by atoms with van der Waals surface area (Å²) in [5.41, 5.74) is 4.90. The van der Waals surface area contributed by atoms with Gasteiger partial charge in [-0.05, 0) is 32.6 Å². The van der Waals surface area contributed by atoms with Crippen LogP contribution in [0.25, 0.3) is 0 Å². The summed E-state index contributed by atoms with van der Waals surface area (Å²) in [6.45, 7) is 2.47. The van der Waals surface area contributed by atoms with Crippen molar-refractivity contribution in [3.8, 4) is 0 Å². The van der Waals surface area contributed by atoms with E-state index in [4.69, 9.17) is 10.5 Å². The fourth-order valence-electron chi connectivity index (χ4n) is 2.21. The molecule has 106 valence electrons. The largest absolute Gasteiger partial charge is 0.388 e. The first-order valence-corrected chi connectivity index (χ1v) is 6.69. The molecular weight excluding hydrogens is 232 g/mol. The summed E-state index contributed by atoms with van der Waals surface area (Å²) in [4.78, 5) is 11.9. The molecule has 1 fully saturated rings. The second-order valence-electron chi connectivity index (χ2n) is 5.57. The van der Waals surface area contributed by atoms with E-state index in [-0.39, 0.29) is 24.4 Å². The predicted molar refractivity (Wildman–Crippen MR) is 70.1 cm³/mol. The number of nitrogens with two attached hydrogens (primary N) is 1. The van der Waals surface area contributed by atoms with Crippen LogP contribution in [0, 0.1) is 5.92 Å². The van der Waals surface area contributed by atoms with Crippen molar-refractivity contribution in [1.29, 1.82) is 0 Å². The number of nitrogens with one attached hydrogen (secondary N) is 1. The van der Waals surface area contributed by atoms with Gasteiger partial charge in [-0.15, -0.1) is 0 Å². The molecule has 4 N–H and O–H groups in total. The van der Waals surface area contributed by atoms with Gasteiger partial charge in [0.1, 0.15) is 0 Å². The Kier molecular flexibility index (Phi) is 6.05. The van der Waals surface area contributed by atoms with Crippen molar-refractivity contribution in [2.45, 2.75) is 50.7 Å². The van der Waals surface area contributed by atoms with Gasteiger partial charge in [0.2, 0.25) is 5.91 Å². The van der Waals surface area contributed by atoms with Gasteiger partial charge in [-0.1, -0.05) is 0 Å². The van der Waals surface area contributed by atoms with Gasteiger partial charge < -0.3 is 20.9 Å². The van der Waals surface area contributed by atoms with E-state index in [1.807, 2.05) is 0 Å². The molecule has 1 atom stereocenters. The van der Waals surface area contributed by atoms with E-state index in [2.05, 4.69) is 5.32 Å². The van der Waals surface area contributed by atoms with Gasteiger partial charge in [0.05, 0.1) is 5.60 Å². The van der Waals surface area contributed by atoms with Crippen molar-refractivity contribution in [2.75, 3.05) is 20.3 Å². The number of methoxy groups -OCH3 is 1. The first kappa shape index (κ1) is 15.4. The van der Waals surface area contributed by atoms with E-state index in [0.717, 1.165) is 25.7 Å². The second kappa shape index (κ2) is 7.07. The van der Waals surface area contributed by atoms with Crippen molar-refractivity contribution in [3.63, 3.8) is 0 Å². The molecule has 1 amide bonds. The number of hydrogen-bond donors (Lipinski definition) is 3. The van der Waals surface area contributed by atoms with Crippen LogP contribution in [0.1, 0.15) is 39.0 Å². The molecule has 5 nitrogen and oxygen atoms in total. The fourth-order valence-corrected chi connectivity index (χ4v) is 2.21. The highest BCUT2D eigenvalue weighted by Crippen LogP contribution is 2.23. The highest BCUT2D eigenvalue weighted by atomic mass is 16.5. The normalized spacial score (nSPS) is 27.6. The molecule has 1 rings (SSSR count). The van der Waals surface area contributed by atoms with Gasteiger partial charge in [0.25, 0.3) is 0 Å². The molecule has 5 heteroatoms. The van der Waals surface area contributed by atoms with Gasteiger partial charge >= 0.3 is 0 Å². The van der Waals surface area contributed by atoms with E-state index >= 15 is 0 Å². The molecule has 0 aromatic rings. The van der Waals surface area contributed by atoms with Gasteiger partial charge in [-0.25, -0.2) is 0 Å². The number of ether oxygens (including phenoxy) is 1. The lowest BCUT2D eigenvalue weighted by molar-refractivity contribution is -0.127. The minimum atomic E-state index is -0.906. The number of aliphatic hydroxyl groups is 1. The fraction of sp³-hybridized carbons (Fsp3) is 0.923. The summed E-state index contributed by atoms with van der Waals surface area (Å²) in [5, 5.41) is 12.9. The number of carbonyl (C=O) groups excluding carboxylic acids is 1. The second-order valence-corrected chi connectivity index (χ2v) is 5.57. The average Bonchev–Trinajstić information content (AvgIpc) is 2.35. The summed E-state index contributed by atoms with van der Waals surface area (Å²) < 4.78 is 4.93. The Labute approximate surface area is 109 Å². The van der Waals surface area contributed by atoms with Crippen molar-refractivity contribution in [3.05, 3.63) is 0 Å². The van der Waals surface area contributed by atoms with Crippen LogP contribution in [-0.2, 0) is 9.53 Å². The molecule has 1 unspecified atom stereocenters. The molecule has 1 aliphatic rings. The Hall–Kier alpha value is -0.650. The Morgan fingerprint density at radius 3 is 2.61 bits per heavy atom. The van der Waals surface area contributed by atoms with Gasteiger partial charge in [-0.3, -0.25) is 4.79 Å². The first-order chi connectivity index (χ1) is 8.44. The molecule has 0 aromatic heterocycles. The van der Waals surface area contributed by atoms with E-state index < -0.39 is 5.60 Å². The Morgan fingerprint density at radius 1 is 1.44 bits per heavy atom. The molecule has 0 aromatic carbocycles. The standard InChI is InChI=1S/C13H26N2O3/c1-13(17,7-8-18-2)9-15-12(16)10-3-5-11(14)6-4-10/h10-11,17H,3-9,14H2,1-2H3,(H,15,16). The highest BCUT2D eigenvalue weighted by Gasteiger charge is 2.27. The SMILES string of the molecule is COCCC(C)(O)CNC(=O)C1CCC(N)CC1. The van der Waals surface area contributed by atoms with Crippen LogP contribution in [-0.4, -0.2) is 42.9 Å². The Bertz CT molecular complexity index is 261. The summed E-state index contributed by atoms with van der Waals surface area (Å²) in [6.07, 6.45) is 4.05. The number of amides is 1. The molecule has 0 spiro atoms. The molecule has 0 saturated heterocycles. The zero-order valence-corrected chi connectivity index (χ0v) is 11.4. The van der Waals surface area contributed by atoms with Crippen LogP contribution in [0.5, 0.6) is 0 Å². The Morgan fingerprint density at radius 2 is 2.06 bits per heavy atom. The third kappa shape index (κ3) is 5.33. The highest BCUT2D eigenvalue weighted by molar-refractivity contribution is 5.78. The third-order valence-corrected chi connectivity index (χ3v) is 3.63. The van der Waals surface area contributed by atoms with E-state index in [0.29, 0.717) is 13.0 Å². The maximum atomic E-state index is 11.9. The molecule has 18 heavy (non-hydrogen) atoms. The van der Waals surface area contributed by atoms with Crippen molar-refractivity contribution < 1.29 is 14.6 Å². The smallest absolute Gasteiger partial charge is 0.223 e. The topological polar surface area (TPSA) is 84.6 Å². The molecule has 0 heterocycles. The van der Waals surface area contributed by atoms with Gasteiger partial charge in [0, 0.05) is 38.6 Å². The molecule has 1 saturated carbocycles. The van der Waals surface area contributed by atoms with Crippen LogP contribution >= 0.6 is 0 Å². The number of carbonyl (C=O) groups is 1. The minimum absolute atomic E-state index is 0.0413. The quantitative estimate of drug-likeness (QED) is 0.644. The first-order valence-electron chi connectivity index (χ1n) is 6.69. The summed E-state index contributed by atoms with van der Waals surface area (Å²) in [6, 6.07) is 0.249. The molecule has 0 radical (unpaired) electrons. The van der Waals surface area contributed by atoms with Gasteiger partial charge in [0.15, 0.2) is 0 Å². The third-order valence-electron chi connectivity index (χ3n) is 3.63. The summed E-state index contributed by atoms with van der Waals surface area (Å²) >= 11 is 0. The zero-order chi connectivity index (χ0) is 13.6. The number of hydrogen-bond acceptors (Lipinski definition) is 4. The molecule has 0 aliphatic heterocycles. The maximum absolute atomic E-state index is 11.9.